The van der Waals surface area contributed by atoms with E-state index in [1.54, 1.807) is 18.2 Å². The third-order valence-corrected chi connectivity index (χ3v) is 4.59. The first kappa shape index (κ1) is 13.4. The second kappa shape index (κ2) is 5.74. The van der Waals surface area contributed by atoms with Crippen LogP contribution in [-0.4, -0.2) is 11.9 Å². The minimum absolute atomic E-state index is 0.0343. The summed E-state index contributed by atoms with van der Waals surface area (Å²) in [6, 6.07) is 5.67. The van der Waals surface area contributed by atoms with Gasteiger partial charge in [0, 0.05) is 11.7 Å². The fraction of sp³-hybridized carbons (Fsp3) is 0.500. The standard InChI is InChI=1S/C14H19BrN2O/c1-9-5-2-3-8-12(9)17-14(18)10-6-4-7-11(16)13(10)15/h4,6-7,9,12H,2-3,5,8,16H2,1H3,(H,17,18). The van der Waals surface area contributed by atoms with Gasteiger partial charge in [-0.3, -0.25) is 4.79 Å². The molecule has 2 unspecified atom stereocenters. The zero-order valence-electron chi connectivity index (χ0n) is 10.6. The van der Waals surface area contributed by atoms with E-state index in [4.69, 9.17) is 5.73 Å². The van der Waals surface area contributed by atoms with Crippen molar-refractivity contribution in [1.82, 2.24) is 5.32 Å². The van der Waals surface area contributed by atoms with Gasteiger partial charge in [0.05, 0.1) is 10.0 Å². The number of halogens is 1. The number of carbonyl (C=O) groups excluding carboxylic acids is 1. The van der Waals surface area contributed by atoms with E-state index in [0.717, 1.165) is 6.42 Å². The second-order valence-corrected chi connectivity index (χ2v) is 5.84. The van der Waals surface area contributed by atoms with Gasteiger partial charge in [-0.2, -0.15) is 0 Å². The molecule has 3 N–H and O–H groups in total. The molecular weight excluding hydrogens is 292 g/mol. The zero-order valence-corrected chi connectivity index (χ0v) is 12.2. The molecule has 1 amide bonds. The minimum atomic E-state index is -0.0343. The van der Waals surface area contributed by atoms with E-state index in [1.165, 1.54) is 19.3 Å². The minimum Gasteiger partial charge on any atom is -0.398 e. The molecule has 4 heteroatoms. The predicted octanol–water partition coefficient (Wildman–Crippen LogP) is 3.34. The lowest BCUT2D eigenvalue weighted by molar-refractivity contribution is 0.0909. The Hall–Kier alpha value is -1.03. The molecule has 98 valence electrons. The average Bonchev–Trinajstić information content (AvgIpc) is 2.35. The molecule has 0 spiro atoms. The number of amides is 1. The maximum Gasteiger partial charge on any atom is 0.252 e. The lowest BCUT2D eigenvalue weighted by atomic mass is 9.86. The number of nitrogens with two attached hydrogens (primary N) is 1. The van der Waals surface area contributed by atoms with Crippen molar-refractivity contribution in [3.8, 4) is 0 Å². The molecule has 1 aromatic rings. The third kappa shape index (κ3) is 2.86. The number of hydrogen-bond donors (Lipinski definition) is 2. The molecule has 0 aliphatic heterocycles. The summed E-state index contributed by atoms with van der Waals surface area (Å²) in [5, 5.41) is 3.13. The second-order valence-electron chi connectivity index (χ2n) is 5.05. The molecule has 1 saturated carbocycles. The van der Waals surface area contributed by atoms with E-state index in [2.05, 4.69) is 28.2 Å². The van der Waals surface area contributed by atoms with Crippen molar-refractivity contribution in [3.05, 3.63) is 28.2 Å². The quantitative estimate of drug-likeness (QED) is 0.823. The van der Waals surface area contributed by atoms with Crippen LogP contribution in [0.4, 0.5) is 5.69 Å². The number of anilines is 1. The van der Waals surface area contributed by atoms with Crippen LogP contribution in [0.15, 0.2) is 22.7 Å². The summed E-state index contributed by atoms with van der Waals surface area (Å²) in [6.45, 7) is 2.21. The molecule has 1 aromatic carbocycles. The first-order chi connectivity index (χ1) is 8.59. The molecule has 0 heterocycles. The lowest BCUT2D eigenvalue weighted by Crippen LogP contribution is -2.41. The molecule has 1 aliphatic carbocycles. The van der Waals surface area contributed by atoms with E-state index >= 15 is 0 Å². The summed E-state index contributed by atoms with van der Waals surface area (Å²) in [5.41, 5.74) is 7.01. The normalized spacial score (nSPS) is 23.7. The SMILES string of the molecule is CC1CCCCC1NC(=O)c1cccc(N)c1Br. The van der Waals surface area contributed by atoms with E-state index in [1.807, 2.05) is 0 Å². The Morgan fingerprint density at radius 1 is 1.39 bits per heavy atom. The monoisotopic (exact) mass is 310 g/mol. The fourth-order valence-corrected chi connectivity index (χ4v) is 2.95. The Bertz CT molecular complexity index is 447. The van der Waals surface area contributed by atoms with Crippen molar-refractivity contribution in [1.29, 1.82) is 0 Å². The van der Waals surface area contributed by atoms with Gasteiger partial charge in [0.1, 0.15) is 0 Å². The molecule has 3 nitrogen and oxygen atoms in total. The molecule has 0 aromatic heterocycles. The van der Waals surface area contributed by atoms with Gasteiger partial charge in [0.2, 0.25) is 0 Å². The fourth-order valence-electron chi connectivity index (χ4n) is 2.50. The summed E-state index contributed by atoms with van der Waals surface area (Å²) in [5.74, 6) is 0.524. The number of nitrogen functional groups attached to an aromatic ring is 1. The first-order valence-electron chi connectivity index (χ1n) is 6.44. The van der Waals surface area contributed by atoms with Crippen molar-refractivity contribution in [2.75, 3.05) is 5.73 Å². The largest absolute Gasteiger partial charge is 0.398 e. The van der Waals surface area contributed by atoms with Gasteiger partial charge < -0.3 is 11.1 Å². The molecule has 1 fully saturated rings. The first-order valence-corrected chi connectivity index (χ1v) is 7.23. The number of hydrogen-bond acceptors (Lipinski definition) is 2. The Morgan fingerprint density at radius 3 is 2.83 bits per heavy atom. The number of benzene rings is 1. The van der Waals surface area contributed by atoms with Crippen LogP contribution in [0.5, 0.6) is 0 Å². The molecule has 18 heavy (non-hydrogen) atoms. The van der Waals surface area contributed by atoms with Crippen molar-refractivity contribution >= 4 is 27.5 Å². The highest BCUT2D eigenvalue weighted by molar-refractivity contribution is 9.10. The smallest absolute Gasteiger partial charge is 0.252 e. The Labute approximate surface area is 116 Å². The van der Waals surface area contributed by atoms with Gasteiger partial charge in [-0.25, -0.2) is 0 Å². The van der Waals surface area contributed by atoms with Crippen molar-refractivity contribution in [3.63, 3.8) is 0 Å². The van der Waals surface area contributed by atoms with Gasteiger partial charge in [-0.1, -0.05) is 25.8 Å². The molecule has 1 aliphatic rings. The zero-order chi connectivity index (χ0) is 13.1. The average molecular weight is 311 g/mol. The Kier molecular flexibility index (Phi) is 4.27. The molecule has 0 bridgehead atoms. The van der Waals surface area contributed by atoms with Gasteiger partial charge >= 0.3 is 0 Å². The van der Waals surface area contributed by atoms with Crippen molar-refractivity contribution in [2.24, 2.45) is 5.92 Å². The Balaban J connectivity index is 2.09. The highest BCUT2D eigenvalue weighted by Crippen LogP contribution is 2.26. The van der Waals surface area contributed by atoms with Crippen LogP contribution in [0.25, 0.3) is 0 Å². The Morgan fingerprint density at radius 2 is 2.11 bits per heavy atom. The van der Waals surface area contributed by atoms with Gasteiger partial charge in [-0.15, -0.1) is 0 Å². The van der Waals surface area contributed by atoms with Crippen LogP contribution in [0.1, 0.15) is 43.0 Å². The van der Waals surface area contributed by atoms with Gasteiger partial charge in [0.25, 0.3) is 5.91 Å². The van der Waals surface area contributed by atoms with E-state index in [-0.39, 0.29) is 5.91 Å². The maximum atomic E-state index is 12.2. The van der Waals surface area contributed by atoms with Crippen LogP contribution >= 0.6 is 15.9 Å². The molecule has 0 saturated heterocycles. The van der Waals surface area contributed by atoms with Crippen LogP contribution in [0, 0.1) is 5.92 Å². The van der Waals surface area contributed by atoms with Gasteiger partial charge in [-0.05, 0) is 46.8 Å². The van der Waals surface area contributed by atoms with Crippen LogP contribution < -0.4 is 11.1 Å². The van der Waals surface area contributed by atoms with Gasteiger partial charge in [0.15, 0.2) is 0 Å². The van der Waals surface area contributed by atoms with Crippen LogP contribution in [0.2, 0.25) is 0 Å². The predicted molar refractivity (Wildman–Crippen MR) is 77.4 cm³/mol. The molecule has 2 atom stereocenters. The maximum absolute atomic E-state index is 12.2. The highest BCUT2D eigenvalue weighted by atomic mass is 79.9. The molecule has 0 radical (unpaired) electrons. The van der Waals surface area contributed by atoms with Crippen LogP contribution in [0.3, 0.4) is 0 Å². The lowest BCUT2D eigenvalue weighted by Gasteiger charge is -2.29. The van der Waals surface area contributed by atoms with Crippen LogP contribution in [-0.2, 0) is 0 Å². The van der Waals surface area contributed by atoms with E-state index in [0.29, 0.717) is 27.7 Å². The van der Waals surface area contributed by atoms with Crippen molar-refractivity contribution in [2.45, 2.75) is 38.6 Å². The summed E-state index contributed by atoms with van der Waals surface area (Å²) >= 11 is 3.37. The van der Waals surface area contributed by atoms with E-state index < -0.39 is 0 Å². The summed E-state index contributed by atoms with van der Waals surface area (Å²) < 4.78 is 0.686. The number of rotatable bonds is 2. The topological polar surface area (TPSA) is 55.1 Å². The number of nitrogens with one attached hydrogen (secondary N) is 1. The highest BCUT2D eigenvalue weighted by Gasteiger charge is 2.24. The number of carbonyl (C=O) groups is 1. The molecular formula is C14H19BrN2O. The summed E-state index contributed by atoms with van der Waals surface area (Å²) in [7, 11) is 0. The third-order valence-electron chi connectivity index (χ3n) is 3.70. The summed E-state index contributed by atoms with van der Waals surface area (Å²) in [4.78, 5) is 12.2. The van der Waals surface area contributed by atoms with Crippen molar-refractivity contribution < 1.29 is 4.79 Å². The van der Waals surface area contributed by atoms with E-state index in [9.17, 15) is 4.79 Å². The molecule has 2 rings (SSSR count). The summed E-state index contributed by atoms with van der Waals surface area (Å²) in [6.07, 6.45) is 4.75.